The highest BCUT2D eigenvalue weighted by atomic mass is 16.4. The van der Waals surface area contributed by atoms with Gasteiger partial charge < -0.3 is 14.9 Å². The molecule has 0 spiro atoms. The lowest BCUT2D eigenvalue weighted by atomic mass is 9.88. The van der Waals surface area contributed by atoms with E-state index >= 15 is 0 Å². The quantitative estimate of drug-likeness (QED) is 0.809. The van der Waals surface area contributed by atoms with Gasteiger partial charge in [0.2, 0.25) is 0 Å². The highest BCUT2D eigenvalue weighted by Gasteiger charge is 2.47. The van der Waals surface area contributed by atoms with Crippen molar-refractivity contribution in [2.45, 2.75) is 69.9 Å². The third-order valence-corrected chi connectivity index (χ3v) is 5.82. The van der Waals surface area contributed by atoms with Gasteiger partial charge in [-0.25, -0.2) is 9.59 Å². The van der Waals surface area contributed by atoms with Crippen molar-refractivity contribution in [3.63, 3.8) is 0 Å². The molecule has 1 saturated carbocycles. The van der Waals surface area contributed by atoms with Gasteiger partial charge in [0.15, 0.2) is 0 Å². The highest BCUT2D eigenvalue weighted by Crippen LogP contribution is 2.38. The van der Waals surface area contributed by atoms with E-state index in [1.54, 1.807) is 11.8 Å². The second kappa shape index (κ2) is 5.50. The Labute approximate surface area is 126 Å². The molecule has 2 aliphatic heterocycles. The van der Waals surface area contributed by atoms with Gasteiger partial charge in [0, 0.05) is 19.1 Å². The predicted molar refractivity (Wildman–Crippen MR) is 79.1 cm³/mol. The molecule has 1 N–H and O–H groups in total. The number of nitrogens with zero attached hydrogens (tertiary/aromatic N) is 2. The topological polar surface area (TPSA) is 60.9 Å². The van der Waals surface area contributed by atoms with Crippen molar-refractivity contribution in [3.8, 4) is 0 Å². The first-order valence-electron chi connectivity index (χ1n) is 8.35. The Balaban J connectivity index is 1.81. The van der Waals surface area contributed by atoms with E-state index in [1.165, 1.54) is 19.3 Å². The average Bonchev–Trinajstić information content (AvgIpc) is 2.95. The molecule has 3 atom stereocenters. The van der Waals surface area contributed by atoms with Crippen molar-refractivity contribution in [2.24, 2.45) is 5.92 Å². The van der Waals surface area contributed by atoms with Crippen molar-refractivity contribution in [1.29, 1.82) is 0 Å². The van der Waals surface area contributed by atoms with Crippen LogP contribution in [0.5, 0.6) is 0 Å². The summed E-state index contributed by atoms with van der Waals surface area (Å²) in [6.45, 7) is 3.09. The van der Waals surface area contributed by atoms with Gasteiger partial charge in [-0.3, -0.25) is 0 Å². The normalized spacial score (nSPS) is 36.4. The van der Waals surface area contributed by atoms with Crippen molar-refractivity contribution >= 4 is 12.0 Å². The number of carboxylic acid groups (broad SMARTS) is 1. The molecular weight excluding hydrogens is 268 g/mol. The molecule has 2 saturated heterocycles. The molecule has 3 rings (SSSR count). The minimum Gasteiger partial charge on any atom is -0.480 e. The molecule has 0 aromatic rings. The van der Waals surface area contributed by atoms with Gasteiger partial charge >= 0.3 is 12.0 Å². The molecule has 2 heterocycles. The SMILES string of the molecule is CC1(C(=O)O)CCCCN1C(=O)N1CCCC2CCCC21. The lowest BCUT2D eigenvalue weighted by Crippen LogP contribution is -2.62. The second-order valence-electron chi connectivity index (χ2n) is 7.06. The van der Waals surface area contributed by atoms with Crippen LogP contribution < -0.4 is 0 Å². The number of fused-ring (bicyclic) bond motifs is 1. The minimum absolute atomic E-state index is 0.0313. The van der Waals surface area contributed by atoms with Crippen LogP contribution in [0.2, 0.25) is 0 Å². The summed E-state index contributed by atoms with van der Waals surface area (Å²) in [7, 11) is 0. The molecule has 118 valence electrons. The van der Waals surface area contributed by atoms with Crippen LogP contribution in [0, 0.1) is 5.92 Å². The van der Waals surface area contributed by atoms with E-state index in [1.807, 2.05) is 4.90 Å². The Bertz CT molecular complexity index is 439. The van der Waals surface area contributed by atoms with Gasteiger partial charge in [-0.2, -0.15) is 0 Å². The third kappa shape index (κ3) is 2.40. The smallest absolute Gasteiger partial charge is 0.329 e. The fourth-order valence-corrected chi connectivity index (χ4v) is 4.50. The molecule has 0 bridgehead atoms. The first-order valence-corrected chi connectivity index (χ1v) is 8.35. The zero-order valence-corrected chi connectivity index (χ0v) is 12.9. The van der Waals surface area contributed by atoms with Crippen LogP contribution in [-0.2, 0) is 4.79 Å². The second-order valence-corrected chi connectivity index (χ2v) is 7.06. The van der Waals surface area contributed by atoms with Crippen LogP contribution >= 0.6 is 0 Å². The Kier molecular flexibility index (Phi) is 3.84. The average molecular weight is 294 g/mol. The maximum Gasteiger partial charge on any atom is 0.329 e. The lowest BCUT2D eigenvalue weighted by Gasteiger charge is -2.47. The summed E-state index contributed by atoms with van der Waals surface area (Å²) in [5.74, 6) is -0.223. The van der Waals surface area contributed by atoms with Crippen LogP contribution in [0.1, 0.15) is 58.3 Å². The zero-order chi connectivity index (χ0) is 15.0. The van der Waals surface area contributed by atoms with Crippen LogP contribution in [0.15, 0.2) is 0 Å². The maximum absolute atomic E-state index is 13.0. The molecule has 3 aliphatic rings. The fraction of sp³-hybridized carbons (Fsp3) is 0.875. The number of rotatable bonds is 1. The van der Waals surface area contributed by atoms with E-state index in [0.717, 1.165) is 32.2 Å². The summed E-state index contributed by atoms with van der Waals surface area (Å²) < 4.78 is 0. The largest absolute Gasteiger partial charge is 0.480 e. The van der Waals surface area contributed by atoms with Gasteiger partial charge in [0.25, 0.3) is 0 Å². The summed E-state index contributed by atoms with van der Waals surface area (Å²) in [5.41, 5.74) is -1.03. The van der Waals surface area contributed by atoms with Gasteiger partial charge in [0.05, 0.1) is 0 Å². The molecule has 21 heavy (non-hydrogen) atoms. The monoisotopic (exact) mass is 294 g/mol. The summed E-state index contributed by atoms with van der Waals surface area (Å²) in [4.78, 5) is 28.3. The number of amides is 2. The standard InChI is InChI=1S/C16H26N2O3/c1-16(14(19)20)9-2-3-11-18(16)15(21)17-10-5-7-12-6-4-8-13(12)17/h12-13H,2-11H2,1H3,(H,19,20). The van der Waals surface area contributed by atoms with Crippen LogP contribution in [-0.4, -0.2) is 51.6 Å². The molecule has 3 fully saturated rings. The third-order valence-electron chi connectivity index (χ3n) is 5.82. The van der Waals surface area contributed by atoms with Gasteiger partial charge in [-0.05, 0) is 57.8 Å². The molecule has 5 nitrogen and oxygen atoms in total. The molecule has 0 aromatic heterocycles. The van der Waals surface area contributed by atoms with Gasteiger partial charge in [-0.1, -0.05) is 6.42 Å². The summed E-state index contributed by atoms with van der Waals surface area (Å²) in [6, 6.07) is 0.322. The minimum atomic E-state index is -1.03. The van der Waals surface area contributed by atoms with Crippen LogP contribution in [0.4, 0.5) is 4.79 Å². The first-order chi connectivity index (χ1) is 10.0. The van der Waals surface area contributed by atoms with E-state index < -0.39 is 11.5 Å². The van der Waals surface area contributed by atoms with Crippen LogP contribution in [0.3, 0.4) is 0 Å². The Morgan fingerprint density at radius 2 is 1.81 bits per heavy atom. The highest BCUT2D eigenvalue weighted by molar-refractivity contribution is 5.86. The van der Waals surface area contributed by atoms with E-state index in [2.05, 4.69) is 0 Å². The molecule has 0 radical (unpaired) electrons. The van der Waals surface area contributed by atoms with Crippen molar-refractivity contribution in [1.82, 2.24) is 9.80 Å². The molecule has 2 amide bonds. The Morgan fingerprint density at radius 3 is 2.57 bits per heavy atom. The van der Waals surface area contributed by atoms with E-state index in [9.17, 15) is 14.7 Å². The molecular formula is C16H26N2O3. The number of carboxylic acids is 1. The van der Waals surface area contributed by atoms with Crippen LogP contribution in [0.25, 0.3) is 0 Å². The molecule has 0 aromatic carbocycles. The predicted octanol–water partition coefficient (Wildman–Crippen LogP) is 2.70. The van der Waals surface area contributed by atoms with E-state index in [-0.39, 0.29) is 6.03 Å². The summed E-state index contributed by atoms with van der Waals surface area (Å²) in [6.07, 6.45) is 8.17. The summed E-state index contributed by atoms with van der Waals surface area (Å²) >= 11 is 0. The molecule has 3 unspecified atom stereocenters. The first kappa shape index (κ1) is 14.7. The number of likely N-dealkylation sites (tertiary alicyclic amines) is 2. The fourth-order valence-electron chi connectivity index (χ4n) is 4.50. The number of carbonyl (C=O) groups is 2. The molecule has 5 heteroatoms. The lowest BCUT2D eigenvalue weighted by molar-refractivity contribution is -0.151. The number of aliphatic carboxylic acids is 1. The van der Waals surface area contributed by atoms with E-state index in [0.29, 0.717) is 24.9 Å². The Morgan fingerprint density at radius 1 is 1.05 bits per heavy atom. The number of hydrogen-bond donors (Lipinski definition) is 1. The number of carbonyl (C=O) groups excluding carboxylic acids is 1. The number of hydrogen-bond acceptors (Lipinski definition) is 2. The van der Waals surface area contributed by atoms with Gasteiger partial charge in [0.1, 0.15) is 5.54 Å². The van der Waals surface area contributed by atoms with E-state index in [4.69, 9.17) is 0 Å². The Hall–Kier alpha value is -1.26. The maximum atomic E-state index is 13.0. The van der Waals surface area contributed by atoms with Gasteiger partial charge in [-0.15, -0.1) is 0 Å². The summed E-state index contributed by atoms with van der Waals surface area (Å²) in [5, 5.41) is 9.59. The molecule has 1 aliphatic carbocycles. The van der Waals surface area contributed by atoms with Crippen molar-refractivity contribution in [3.05, 3.63) is 0 Å². The number of urea groups is 1. The van der Waals surface area contributed by atoms with Crippen molar-refractivity contribution < 1.29 is 14.7 Å². The van der Waals surface area contributed by atoms with Crippen molar-refractivity contribution in [2.75, 3.05) is 13.1 Å². The zero-order valence-electron chi connectivity index (χ0n) is 12.9. The number of piperidine rings is 2.